The van der Waals surface area contributed by atoms with Gasteiger partial charge < -0.3 is 19.6 Å². The summed E-state index contributed by atoms with van der Waals surface area (Å²) in [7, 11) is 0. The number of hydrogen-bond donors (Lipinski definition) is 2. The van der Waals surface area contributed by atoms with Crippen molar-refractivity contribution >= 4 is 17.6 Å². The van der Waals surface area contributed by atoms with Gasteiger partial charge in [-0.15, -0.1) is 0 Å². The van der Waals surface area contributed by atoms with E-state index in [-0.39, 0.29) is 12.3 Å². The number of hydrogen-bond acceptors (Lipinski definition) is 4. The summed E-state index contributed by atoms with van der Waals surface area (Å²) in [6.45, 7) is 3.88. The monoisotopic (exact) mass is 317 g/mol. The lowest BCUT2D eigenvalue weighted by molar-refractivity contribution is -0.137. The van der Waals surface area contributed by atoms with Gasteiger partial charge in [-0.1, -0.05) is 0 Å². The van der Waals surface area contributed by atoms with E-state index in [1.54, 1.807) is 44.2 Å². The van der Waals surface area contributed by atoms with Crippen molar-refractivity contribution in [2.75, 3.05) is 11.9 Å². The van der Waals surface area contributed by atoms with Gasteiger partial charge in [-0.2, -0.15) is 0 Å². The number of nitrogens with one attached hydrogen (secondary N) is 1. The smallest absolute Gasteiger partial charge is 0.303 e. The molecule has 1 heterocycles. The van der Waals surface area contributed by atoms with E-state index in [0.717, 1.165) is 0 Å². The third kappa shape index (κ3) is 4.88. The molecule has 2 N–H and O–H groups in total. The Hall–Kier alpha value is -2.76. The van der Waals surface area contributed by atoms with Gasteiger partial charge in [0.1, 0.15) is 17.3 Å². The van der Waals surface area contributed by atoms with Gasteiger partial charge in [-0.25, -0.2) is 0 Å². The van der Waals surface area contributed by atoms with Crippen molar-refractivity contribution in [3.8, 4) is 5.75 Å². The van der Waals surface area contributed by atoms with Crippen LogP contribution in [0.4, 0.5) is 5.69 Å². The molecule has 0 radical (unpaired) electrons. The Labute approximate surface area is 134 Å². The molecule has 2 aromatic rings. The van der Waals surface area contributed by atoms with E-state index in [4.69, 9.17) is 14.3 Å². The fraction of sp³-hybridized carbons (Fsp3) is 0.294. The van der Waals surface area contributed by atoms with Crippen LogP contribution in [0.25, 0.3) is 0 Å². The van der Waals surface area contributed by atoms with Gasteiger partial charge in [-0.05, 0) is 50.6 Å². The number of benzene rings is 1. The standard InChI is InChI=1S/C17H19NO5/c1-11-10-15(12(2)23-11)17(21)18-13-5-7-14(8-6-13)22-9-3-4-16(19)20/h5-8,10H,3-4,9H2,1-2H3,(H,18,21)(H,19,20). The fourth-order valence-corrected chi connectivity index (χ4v) is 2.10. The van der Waals surface area contributed by atoms with E-state index < -0.39 is 5.97 Å². The van der Waals surface area contributed by atoms with E-state index in [2.05, 4.69) is 5.32 Å². The van der Waals surface area contributed by atoms with Crippen LogP contribution in [-0.2, 0) is 4.79 Å². The van der Waals surface area contributed by atoms with Crippen molar-refractivity contribution in [1.82, 2.24) is 0 Å². The maximum absolute atomic E-state index is 12.1. The minimum absolute atomic E-state index is 0.0810. The first-order valence-corrected chi connectivity index (χ1v) is 7.29. The largest absolute Gasteiger partial charge is 0.494 e. The molecular weight excluding hydrogens is 298 g/mol. The van der Waals surface area contributed by atoms with E-state index >= 15 is 0 Å². The predicted octanol–water partition coefficient (Wildman–Crippen LogP) is 3.39. The molecule has 6 nitrogen and oxygen atoms in total. The Morgan fingerprint density at radius 3 is 2.48 bits per heavy atom. The maximum atomic E-state index is 12.1. The van der Waals surface area contributed by atoms with Crippen molar-refractivity contribution < 1.29 is 23.8 Å². The molecule has 0 bridgehead atoms. The average Bonchev–Trinajstić information content (AvgIpc) is 2.84. The molecule has 0 spiro atoms. The van der Waals surface area contributed by atoms with E-state index in [0.29, 0.717) is 41.5 Å². The molecule has 0 fully saturated rings. The molecular formula is C17H19NO5. The van der Waals surface area contributed by atoms with Crippen LogP contribution in [0.2, 0.25) is 0 Å². The highest BCUT2D eigenvalue weighted by Gasteiger charge is 2.13. The fourth-order valence-electron chi connectivity index (χ4n) is 2.10. The highest BCUT2D eigenvalue weighted by molar-refractivity contribution is 6.05. The first-order chi connectivity index (χ1) is 11.0. The summed E-state index contributed by atoms with van der Waals surface area (Å²) in [5.41, 5.74) is 1.16. The molecule has 0 saturated carbocycles. The minimum atomic E-state index is -0.837. The molecule has 1 aromatic heterocycles. The van der Waals surface area contributed by atoms with Crippen LogP contribution < -0.4 is 10.1 Å². The third-order valence-corrected chi connectivity index (χ3v) is 3.20. The van der Waals surface area contributed by atoms with Crippen LogP contribution in [0.5, 0.6) is 5.75 Å². The maximum Gasteiger partial charge on any atom is 0.303 e. The van der Waals surface area contributed by atoms with Crippen LogP contribution in [0.1, 0.15) is 34.7 Å². The van der Waals surface area contributed by atoms with Crippen LogP contribution in [0, 0.1) is 13.8 Å². The molecule has 122 valence electrons. The van der Waals surface area contributed by atoms with Gasteiger partial charge in [0.25, 0.3) is 5.91 Å². The number of furan rings is 1. The van der Waals surface area contributed by atoms with Crippen LogP contribution >= 0.6 is 0 Å². The third-order valence-electron chi connectivity index (χ3n) is 3.20. The van der Waals surface area contributed by atoms with Gasteiger partial charge in [0.05, 0.1) is 12.2 Å². The second-order valence-electron chi connectivity index (χ2n) is 5.15. The summed E-state index contributed by atoms with van der Waals surface area (Å²) in [5, 5.41) is 11.3. The lowest BCUT2D eigenvalue weighted by Crippen LogP contribution is -2.12. The first-order valence-electron chi connectivity index (χ1n) is 7.29. The molecule has 0 aliphatic rings. The number of rotatable bonds is 7. The number of carbonyl (C=O) groups is 2. The summed E-state index contributed by atoms with van der Waals surface area (Å²) >= 11 is 0. The summed E-state index contributed by atoms with van der Waals surface area (Å²) in [5.74, 6) is 0.839. The van der Waals surface area contributed by atoms with Gasteiger partial charge in [0, 0.05) is 12.1 Å². The van der Waals surface area contributed by atoms with E-state index in [9.17, 15) is 9.59 Å². The zero-order chi connectivity index (χ0) is 16.8. The van der Waals surface area contributed by atoms with E-state index in [1.165, 1.54) is 0 Å². The van der Waals surface area contributed by atoms with Crippen molar-refractivity contribution in [3.05, 3.63) is 47.4 Å². The lowest BCUT2D eigenvalue weighted by Gasteiger charge is -2.07. The quantitative estimate of drug-likeness (QED) is 0.764. The summed E-state index contributed by atoms with van der Waals surface area (Å²) in [6, 6.07) is 8.61. The Morgan fingerprint density at radius 1 is 1.22 bits per heavy atom. The normalized spacial score (nSPS) is 10.3. The van der Waals surface area contributed by atoms with Crippen molar-refractivity contribution in [2.45, 2.75) is 26.7 Å². The highest BCUT2D eigenvalue weighted by atomic mass is 16.5. The second-order valence-corrected chi connectivity index (χ2v) is 5.15. The molecule has 0 aliphatic heterocycles. The summed E-state index contributed by atoms with van der Waals surface area (Å²) in [6.07, 6.45) is 0.532. The number of anilines is 1. The summed E-state index contributed by atoms with van der Waals surface area (Å²) < 4.78 is 10.8. The first kappa shape index (κ1) is 16.6. The number of carboxylic acid groups (broad SMARTS) is 1. The molecule has 0 saturated heterocycles. The molecule has 6 heteroatoms. The zero-order valence-electron chi connectivity index (χ0n) is 13.1. The Bertz CT molecular complexity index is 688. The zero-order valence-corrected chi connectivity index (χ0v) is 13.1. The van der Waals surface area contributed by atoms with E-state index in [1.807, 2.05) is 0 Å². The Morgan fingerprint density at radius 2 is 1.91 bits per heavy atom. The van der Waals surface area contributed by atoms with Crippen molar-refractivity contribution in [1.29, 1.82) is 0 Å². The predicted molar refractivity (Wildman–Crippen MR) is 84.9 cm³/mol. The number of carboxylic acids is 1. The number of aliphatic carboxylic acids is 1. The Kier molecular flexibility index (Phi) is 5.41. The topological polar surface area (TPSA) is 88.8 Å². The molecule has 1 amide bonds. The Balaban J connectivity index is 1.88. The molecule has 23 heavy (non-hydrogen) atoms. The second kappa shape index (κ2) is 7.49. The molecule has 0 unspecified atom stereocenters. The molecule has 0 aliphatic carbocycles. The highest BCUT2D eigenvalue weighted by Crippen LogP contribution is 2.19. The molecule has 1 aromatic carbocycles. The van der Waals surface area contributed by atoms with Crippen LogP contribution in [0.15, 0.2) is 34.7 Å². The number of amides is 1. The number of carbonyl (C=O) groups excluding carboxylic acids is 1. The number of ether oxygens (including phenoxy) is 1. The van der Waals surface area contributed by atoms with Gasteiger partial charge in [0.15, 0.2) is 0 Å². The lowest BCUT2D eigenvalue weighted by atomic mass is 10.2. The SMILES string of the molecule is Cc1cc(C(=O)Nc2ccc(OCCCC(=O)O)cc2)c(C)o1. The average molecular weight is 317 g/mol. The molecule has 2 rings (SSSR count). The summed E-state index contributed by atoms with van der Waals surface area (Å²) in [4.78, 5) is 22.5. The number of aryl methyl sites for hydroxylation is 2. The molecule has 0 atom stereocenters. The van der Waals surface area contributed by atoms with Crippen molar-refractivity contribution in [3.63, 3.8) is 0 Å². The van der Waals surface area contributed by atoms with Crippen molar-refractivity contribution in [2.24, 2.45) is 0 Å². The van der Waals surface area contributed by atoms with Gasteiger partial charge >= 0.3 is 5.97 Å². The minimum Gasteiger partial charge on any atom is -0.494 e. The van der Waals surface area contributed by atoms with Crippen LogP contribution in [0.3, 0.4) is 0 Å². The van der Waals surface area contributed by atoms with Crippen LogP contribution in [-0.4, -0.2) is 23.6 Å². The van der Waals surface area contributed by atoms with Gasteiger partial charge in [0.2, 0.25) is 0 Å². The van der Waals surface area contributed by atoms with Gasteiger partial charge in [-0.3, -0.25) is 9.59 Å².